The smallest absolute Gasteiger partial charge is 0.260 e. The number of nitrogens with zero attached hydrogens (tertiary/aromatic N) is 2. The number of thiazole rings is 1. The highest BCUT2D eigenvalue weighted by molar-refractivity contribution is 7.14. The van der Waals surface area contributed by atoms with Gasteiger partial charge in [-0.15, -0.1) is 11.3 Å². The number of halogens is 1. The van der Waals surface area contributed by atoms with Crippen LogP contribution in [0.3, 0.4) is 0 Å². The third kappa shape index (κ3) is 4.51. The zero-order valence-electron chi connectivity index (χ0n) is 13.8. The summed E-state index contributed by atoms with van der Waals surface area (Å²) >= 11 is 1.16. The van der Waals surface area contributed by atoms with Gasteiger partial charge in [-0.25, -0.2) is 9.37 Å². The molecular formula is C17H15FN4O3S. The Bertz CT molecular complexity index is 937. The van der Waals surface area contributed by atoms with Crippen molar-refractivity contribution in [2.45, 2.75) is 19.9 Å². The summed E-state index contributed by atoms with van der Waals surface area (Å²) in [5.74, 6) is -0.874. The van der Waals surface area contributed by atoms with Crippen LogP contribution in [0.2, 0.25) is 0 Å². The molecule has 2 heterocycles. The van der Waals surface area contributed by atoms with E-state index >= 15 is 0 Å². The number of anilines is 1. The molecule has 7 nitrogen and oxygen atoms in total. The van der Waals surface area contributed by atoms with Crippen LogP contribution in [0.1, 0.15) is 27.5 Å². The van der Waals surface area contributed by atoms with Crippen LogP contribution in [-0.4, -0.2) is 22.0 Å². The van der Waals surface area contributed by atoms with Crippen LogP contribution in [-0.2, 0) is 17.8 Å². The lowest BCUT2D eigenvalue weighted by molar-refractivity contribution is -0.120. The first kappa shape index (κ1) is 17.7. The standard InChI is InChI=1S/C17H15FN4O3S/c1-10-6-12(25-22-10)8-19-15(23)7-11-9-26-17(20-11)21-16(24)13-4-2-3-5-14(13)18/h2-6,9H,7-8H2,1H3,(H,19,23)(H,20,21,24). The molecule has 0 bridgehead atoms. The molecule has 0 spiro atoms. The fourth-order valence-electron chi connectivity index (χ4n) is 2.17. The maximum atomic E-state index is 13.6. The van der Waals surface area contributed by atoms with Crippen molar-refractivity contribution in [3.63, 3.8) is 0 Å². The summed E-state index contributed by atoms with van der Waals surface area (Å²) in [6, 6.07) is 7.41. The molecule has 0 saturated carbocycles. The highest BCUT2D eigenvalue weighted by Crippen LogP contribution is 2.18. The van der Waals surface area contributed by atoms with Crippen molar-refractivity contribution in [3.8, 4) is 0 Å². The zero-order valence-corrected chi connectivity index (χ0v) is 14.6. The van der Waals surface area contributed by atoms with Gasteiger partial charge in [-0.2, -0.15) is 0 Å². The summed E-state index contributed by atoms with van der Waals surface area (Å²) < 4.78 is 18.6. The number of hydrogen-bond donors (Lipinski definition) is 2. The normalized spacial score (nSPS) is 10.5. The van der Waals surface area contributed by atoms with Crippen LogP contribution in [0.15, 0.2) is 40.2 Å². The minimum atomic E-state index is -0.608. The number of nitrogens with one attached hydrogen (secondary N) is 2. The van der Waals surface area contributed by atoms with E-state index in [1.165, 1.54) is 18.2 Å². The van der Waals surface area contributed by atoms with E-state index in [1.807, 2.05) is 0 Å². The Morgan fingerprint density at radius 2 is 2.12 bits per heavy atom. The van der Waals surface area contributed by atoms with E-state index < -0.39 is 11.7 Å². The molecule has 1 aromatic carbocycles. The second-order valence-electron chi connectivity index (χ2n) is 5.47. The van der Waals surface area contributed by atoms with Gasteiger partial charge in [0.1, 0.15) is 5.82 Å². The van der Waals surface area contributed by atoms with Gasteiger partial charge in [-0.05, 0) is 19.1 Å². The predicted octanol–water partition coefficient (Wildman–Crippen LogP) is 2.69. The Hall–Kier alpha value is -3.07. The van der Waals surface area contributed by atoms with E-state index in [-0.39, 0.29) is 24.4 Å². The highest BCUT2D eigenvalue weighted by atomic mass is 32.1. The molecule has 0 atom stereocenters. The first-order valence-electron chi connectivity index (χ1n) is 7.70. The van der Waals surface area contributed by atoms with Gasteiger partial charge in [0.25, 0.3) is 5.91 Å². The summed E-state index contributed by atoms with van der Waals surface area (Å²) in [5, 5.41) is 10.9. The van der Waals surface area contributed by atoms with Gasteiger partial charge in [0.15, 0.2) is 10.9 Å². The predicted molar refractivity (Wildman–Crippen MR) is 93.3 cm³/mol. The van der Waals surface area contributed by atoms with E-state index in [1.54, 1.807) is 24.4 Å². The zero-order chi connectivity index (χ0) is 18.5. The van der Waals surface area contributed by atoms with Crippen LogP contribution < -0.4 is 10.6 Å². The fourth-order valence-corrected chi connectivity index (χ4v) is 2.87. The highest BCUT2D eigenvalue weighted by Gasteiger charge is 2.14. The second-order valence-corrected chi connectivity index (χ2v) is 6.32. The van der Waals surface area contributed by atoms with Crippen molar-refractivity contribution in [2.75, 3.05) is 5.32 Å². The van der Waals surface area contributed by atoms with Gasteiger partial charge in [0.05, 0.1) is 29.9 Å². The summed E-state index contributed by atoms with van der Waals surface area (Å²) in [7, 11) is 0. The molecular weight excluding hydrogens is 359 g/mol. The quantitative estimate of drug-likeness (QED) is 0.691. The van der Waals surface area contributed by atoms with Gasteiger partial charge in [0.2, 0.25) is 5.91 Å². The Balaban J connectivity index is 1.53. The van der Waals surface area contributed by atoms with E-state index in [9.17, 15) is 14.0 Å². The van der Waals surface area contributed by atoms with Crippen LogP contribution in [0.4, 0.5) is 9.52 Å². The van der Waals surface area contributed by atoms with Crippen molar-refractivity contribution in [1.29, 1.82) is 0 Å². The van der Waals surface area contributed by atoms with Gasteiger partial charge < -0.3 is 9.84 Å². The van der Waals surface area contributed by atoms with Gasteiger partial charge in [-0.3, -0.25) is 14.9 Å². The Morgan fingerprint density at radius 1 is 1.31 bits per heavy atom. The van der Waals surface area contributed by atoms with Crippen LogP contribution in [0.25, 0.3) is 0 Å². The Morgan fingerprint density at radius 3 is 2.85 bits per heavy atom. The maximum absolute atomic E-state index is 13.6. The average molecular weight is 374 g/mol. The van der Waals surface area contributed by atoms with Crippen molar-refractivity contribution >= 4 is 28.3 Å². The van der Waals surface area contributed by atoms with Crippen LogP contribution >= 0.6 is 11.3 Å². The number of aromatic nitrogens is 2. The van der Waals surface area contributed by atoms with E-state index in [2.05, 4.69) is 20.8 Å². The molecule has 0 radical (unpaired) electrons. The number of aryl methyl sites for hydroxylation is 1. The fraction of sp³-hybridized carbons (Fsp3) is 0.176. The number of amides is 2. The van der Waals surface area contributed by atoms with Crippen molar-refractivity contribution < 1.29 is 18.5 Å². The van der Waals surface area contributed by atoms with Gasteiger partial charge in [-0.1, -0.05) is 17.3 Å². The molecule has 26 heavy (non-hydrogen) atoms. The third-order valence-corrected chi connectivity index (χ3v) is 4.18. The van der Waals surface area contributed by atoms with Crippen molar-refractivity contribution in [2.24, 2.45) is 0 Å². The Kier molecular flexibility index (Phi) is 5.37. The molecule has 0 fully saturated rings. The Labute approximate surface area is 152 Å². The van der Waals surface area contributed by atoms with Gasteiger partial charge >= 0.3 is 0 Å². The first-order chi connectivity index (χ1) is 12.5. The van der Waals surface area contributed by atoms with Gasteiger partial charge in [0, 0.05) is 11.4 Å². The number of rotatable bonds is 6. The first-order valence-corrected chi connectivity index (χ1v) is 8.58. The van der Waals surface area contributed by atoms with Crippen molar-refractivity contribution in [3.05, 3.63) is 64.2 Å². The number of carbonyl (C=O) groups excluding carboxylic acids is 2. The number of carbonyl (C=O) groups is 2. The van der Waals surface area contributed by atoms with E-state index in [0.29, 0.717) is 16.6 Å². The summed E-state index contributed by atoms with van der Waals surface area (Å²) in [4.78, 5) is 28.2. The molecule has 134 valence electrons. The molecule has 0 aliphatic rings. The third-order valence-electron chi connectivity index (χ3n) is 3.37. The summed E-state index contributed by atoms with van der Waals surface area (Å²) in [5.41, 5.74) is 1.18. The van der Waals surface area contributed by atoms with Crippen molar-refractivity contribution in [1.82, 2.24) is 15.5 Å². The molecule has 3 rings (SSSR count). The molecule has 0 aliphatic carbocycles. The molecule has 0 saturated heterocycles. The molecule has 2 aromatic heterocycles. The lowest BCUT2D eigenvalue weighted by Gasteiger charge is -2.02. The van der Waals surface area contributed by atoms with Crippen LogP contribution in [0.5, 0.6) is 0 Å². The molecule has 9 heteroatoms. The lowest BCUT2D eigenvalue weighted by atomic mass is 10.2. The maximum Gasteiger partial charge on any atom is 0.260 e. The molecule has 0 unspecified atom stereocenters. The molecule has 2 N–H and O–H groups in total. The number of hydrogen-bond acceptors (Lipinski definition) is 6. The molecule has 3 aromatic rings. The summed E-state index contributed by atoms with van der Waals surface area (Å²) in [6.45, 7) is 2.03. The number of benzene rings is 1. The topological polar surface area (TPSA) is 97.1 Å². The van der Waals surface area contributed by atoms with E-state index in [4.69, 9.17) is 4.52 Å². The second kappa shape index (κ2) is 7.87. The average Bonchev–Trinajstić information content (AvgIpc) is 3.22. The molecule has 0 aliphatic heterocycles. The largest absolute Gasteiger partial charge is 0.359 e. The molecule has 2 amide bonds. The summed E-state index contributed by atoms with van der Waals surface area (Å²) in [6.07, 6.45) is 0.0547. The van der Waals surface area contributed by atoms with E-state index in [0.717, 1.165) is 17.0 Å². The minimum absolute atomic E-state index is 0.0547. The van der Waals surface area contributed by atoms with Crippen LogP contribution in [0, 0.1) is 12.7 Å². The monoisotopic (exact) mass is 374 g/mol. The lowest BCUT2D eigenvalue weighted by Crippen LogP contribution is -2.24. The SMILES string of the molecule is Cc1cc(CNC(=O)Cc2csc(NC(=O)c3ccccc3F)n2)on1. The minimum Gasteiger partial charge on any atom is -0.359 e.